The number of benzene rings is 1. The smallest absolute Gasteiger partial charge is 0.435 e. The highest BCUT2D eigenvalue weighted by atomic mass is 16.6. The van der Waals surface area contributed by atoms with E-state index in [1.165, 1.54) is 12.1 Å². The van der Waals surface area contributed by atoms with Gasteiger partial charge in [-0.1, -0.05) is 0 Å². The fraction of sp³-hybridized carbons (Fsp3) is 0.500. The molecule has 2 amide bonds. The molecule has 0 radical (unpaired) electrons. The molecule has 0 bridgehead atoms. The number of nitrogens with one attached hydrogen (secondary N) is 2. The van der Waals surface area contributed by atoms with Crippen LogP contribution < -0.4 is 16.4 Å². The van der Waals surface area contributed by atoms with Crippen molar-refractivity contribution in [1.29, 1.82) is 0 Å². The van der Waals surface area contributed by atoms with Gasteiger partial charge in [0.15, 0.2) is 0 Å². The summed E-state index contributed by atoms with van der Waals surface area (Å²) in [6.45, 7) is 10.5. The molecule has 30 heavy (non-hydrogen) atoms. The normalized spacial score (nSPS) is 11.7. The first kappa shape index (κ1) is 24.7. The molecule has 10 nitrogen and oxygen atoms in total. The van der Waals surface area contributed by atoms with Crippen molar-refractivity contribution in [2.24, 2.45) is 4.99 Å². The number of hydrogen-bond acceptors (Lipinski definition) is 7. The topological polar surface area (TPSA) is 141 Å². The molecule has 0 heterocycles. The van der Waals surface area contributed by atoms with Crippen LogP contribution in [0.3, 0.4) is 0 Å². The number of hydrogen-bond donors (Lipinski definition) is 3. The van der Waals surface area contributed by atoms with E-state index in [9.17, 15) is 14.4 Å². The molecule has 0 saturated carbocycles. The van der Waals surface area contributed by atoms with E-state index < -0.39 is 29.4 Å². The van der Waals surface area contributed by atoms with Crippen molar-refractivity contribution in [2.45, 2.75) is 52.7 Å². The van der Waals surface area contributed by atoms with Gasteiger partial charge in [0.25, 0.3) is 0 Å². The Hall–Kier alpha value is -3.30. The lowest BCUT2D eigenvalue weighted by Gasteiger charge is -2.25. The van der Waals surface area contributed by atoms with Gasteiger partial charge < -0.3 is 30.6 Å². The highest BCUT2D eigenvalue weighted by molar-refractivity contribution is 5.93. The average Bonchev–Trinajstić information content (AvgIpc) is 2.58. The number of carbonyl (C=O) groups excluding carboxylic acids is 3. The second kappa shape index (κ2) is 10.5. The van der Waals surface area contributed by atoms with Gasteiger partial charge in [-0.25, -0.2) is 14.4 Å². The second-order valence-electron chi connectivity index (χ2n) is 7.95. The molecule has 0 fully saturated rings. The van der Waals surface area contributed by atoms with Gasteiger partial charge in [-0.15, -0.1) is 0 Å². The largest absolute Gasteiger partial charge is 0.462 e. The predicted molar refractivity (Wildman–Crippen MR) is 114 cm³/mol. The first-order valence-electron chi connectivity index (χ1n) is 9.38. The zero-order chi connectivity index (χ0) is 22.9. The van der Waals surface area contributed by atoms with Crippen molar-refractivity contribution in [3.63, 3.8) is 0 Å². The van der Waals surface area contributed by atoms with E-state index in [2.05, 4.69) is 15.6 Å². The number of ether oxygens (including phenoxy) is 3. The summed E-state index contributed by atoms with van der Waals surface area (Å²) >= 11 is 0. The SMILES string of the molecule is CCOC(=O)c1cc(N)cc(NC=NC(=O)OC(C)(C)CNC(=O)OC(C)(C)C)c1. The molecule has 1 rings (SSSR count). The van der Waals surface area contributed by atoms with Gasteiger partial charge >= 0.3 is 18.2 Å². The summed E-state index contributed by atoms with van der Waals surface area (Å²) in [4.78, 5) is 39.1. The van der Waals surface area contributed by atoms with Crippen LogP contribution in [0, 0.1) is 0 Å². The molecule has 1 aromatic carbocycles. The van der Waals surface area contributed by atoms with E-state index in [1.807, 2.05) is 0 Å². The van der Waals surface area contributed by atoms with E-state index in [4.69, 9.17) is 19.9 Å². The number of rotatable bonds is 7. The maximum absolute atomic E-state index is 11.9. The summed E-state index contributed by atoms with van der Waals surface area (Å²) in [5, 5.41) is 5.28. The lowest BCUT2D eigenvalue weighted by molar-refractivity contribution is 0.0294. The van der Waals surface area contributed by atoms with Crippen LogP contribution in [0.1, 0.15) is 51.9 Å². The summed E-state index contributed by atoms with van der Waals surface area (Å²) in [5.41, 5.74) is 5.19. The van der Waals surface area contributed by atoms with Crippen LogP contribution in [-0.4, -0.2) is 48.8 Å². The Labute approximate surface area is 176 Å². The maximum Gasteiger partial charge on any atom is 0.435 e. The third-order valence-corrected chi connectivity index (χ3v) is 3.29. The van der Waals surface area contributed by atoms with Crippen molar-refractivity contribution in [1.82, 2.24) is 5.32 Å². The van der Waals surface area contributed by atoms with Crippen LogP contribution in [0.2, 0.25) is 0 Å². The fourth-order valence-electron chi connectivity index (χ4n) is 2.12. The first-order valence-corrected chi connectivity index (χ1v) is 9.38. The van der Waals surface area contributed by atoms with Crippen molar-refractivity contribution in [3.05, 3.63) is 23.8 Å². The highest BCUT2D eigenvalue weighted by Gasteiger charge is 2.25. The Morgan fingerprint density at radius 1 is 1.10 bits per heavy atom. The summed E-state index contributed by atoms with van der Waals surface area (Å²) in [6, 6.07) is 4.56. The molecule has 0 aliphatic heterocycles. The molecule has 0 aliphatic rings. The zero-order valence-electron chi connectivity index (χ0n) is 18.2. The highest BCUT2D eigenvalue weighted by Crippen LogP contribution is 2.17. The molecule has 4 N–H and O–H groups in total. The number of nitrogens with zero attached hydrogens (tertiary/aromatic N) is 1. The molecule has 0 aromatic heterocycles. The minimum absolute atomic E-state index is 0.0364. The van der Waals surface area contributed by atoms with Crippen molar-refractivity contribution in [3.8, 4) is 0 Å². The number of nitrogen functional groups attached to an aromatic ring is 1. The fourth-order valence-corrected chi connectivity index (χ4v) is 2.12. The Kier molecular flexibility index (Phi) is 8.63. The summed E-state index contributed by atoms with van der Waals surface area (Å²) in [6.07, 6.45) is -0.368. The van der Waals surface area contributed by atoms with E-state index in [1.54, 1.807) is 47.6 Å². The van der Waals surface area contributed by atoms with Gasteiger partial charge in [0.1, 0.15) is 11.2 Å². The molecule has 0 spiro atoms. The molecule has 0 atom stereocenters. The van der Waals surface area contributed by atoms with Gasteiger partial charge in [-0.2, -0.15) is 4.99 Å². The number of amides is 2. The minimum atomic E-state index is -1.01. The predicted octanol–water partition coefficient (Wildman–Crippen LogP) is 3.33. The standard InChI is InChI=1S/C20H30N4O6/c1-7-28-16(25)13-8-14(21)10-15(9-13)23-12-24-18(27)30-20(5,6)11-22-17(26)29-19(2,3)4/h8-10,12H,7,11,21H2,1-6H3,(H,22,26)(H,23,24,27). The Bertz CT molecular complexity index is 799. The van der Waals surface area contributed by atoms with Crippen LogP contribution in [-0.2, 0) is 14.2 Å². The monoisotopic (exact) mass is 422 g/mol. The zero-order valence-corrected chi connectivity index (χ0v) is 18.2. The van der Waals surface area contributed by atoms with Gasteiger partial charge in [0, 0.05) is 11.4 Å². The van der Waals surface area contributed by atoms with E-state index in [-0.39, 0.29) is 18.7 Å². The Balaban J connectivity index is 2.60. The van der Waals surface area contributed by atoms with E-state index in [0.717, 1.165) is 6.34 Å². The molecular weight excluding hydrogens is 392 g/mol. The maximum atomic E-state index is 11.9. The lowest BCUT2D eigenvalue weighted by atomic mass is 10.1. The molecule has 0 aliphatic carbocycles. The van der Waals surface area contributed by atoms with Crippen molar-refractivity contribution in [2.75, 3.05) is 24.2 Å². The molecular formula is C20H30N4O6. The van der Waals surface area contributed by atoms with Gasteiger partial charge in [-0.05, 0) is 59.7 Å². The first-order chi connectivity index (χ1) is 13.8. The molecule has 0 saturated heterocycles. The summed E-state index contributed by atoms with van der Waals surface area (Å²) < 4.78 is 15.3. The van der Waals surface area contributed by atoms with Crippen LogP contribution in [0.15, 0.2) is 23.2 Å². The van der Waals surface area contributed by atoms with Crippen molar-refractivity contribution >= 4 is 35.9 Å². The summed E-state index contributed by atoms with van der Waals surface area (Å²) in [7, 11) is 0. The van der Waals surface area contributed by atoms with Crippen LogP contribution in [0.25, 0.3) is 0 Å². The van der Waals surface area contributed by atoms with Crippen LogP contribution >= 0.6 is 0 Å². The quantitative estimate of drug-likeness (QED) is 0.200. The molecule has 10 heteroatoms. The average molecular weight is 422 g/mol. The number of carbonyl (C=O) groups is 3. The Morgan fingerprint density at radius 3 is 2.37 bits per heavy atom. The second-order valence-corrected chi connectivity index (χ2v) is 7.95. The van der Waals surface area contributed by atoms with Crippen LogP contribution in [0.5, 0.6) is 0 Å². The minimum Gasteiger partial charge on any atom is -0.462 e. The van der Waals surface area contributed by atoms with Gasteiger partial charge in [-0.3, -0.25) is 0 Å². The molecule has 1 aromatic rings. The number of anilines is 2. The number of nitrogens with two attached hydrogens (primary N) is 1. The van der Waals surface area contributed by atoms with Crippen LogP contribution in [0.4, 0.5) is 21.0 Å². The van der Waals surface area contributed by atoms with E-state index >= 15 is 0 Å². The van der Waals surface area contributed by atoms with E-state index in [0.29, 0.717) is 11.4 Å². The number of aliphatic imine (C=N–C) groups is 1. The number of esters is 1. The van der Waals surface area contributed by atoms with Gasteiger partial charge in [0.2, 0.25) is 0 Å². The lowest BCUT2D eigenvalue weighted by Crippen LogP contribution is -2.43. The molecule has 0 unspecified atom stereocenters. The Morgan fingerprint density at radius 2 is 1.77 bits per heavy atom. The molecule has 166 valence electrons. The number of alkyl carbamates (subject to hydrolysis) is 1. The summed E-state index contributed by atoms with van der Waals surface area (Å²) in [5.74, 6) is -0.511. The van der Waals surface area contributed by atoms with Gasteiger partial charge in [0.05, 0.1) is 25.1 Å². The van der Waals surface area contributed by atoms with Crippen molar-refractivity contribution < 1.29 is 28.6 Å². The third kappa shape index (κ3) is 9.76. The third-order valence-electron chi connectivity index (χ3n) is 3.29.